The Morgan fingerprint density at radius 1 is 1.33 bits per heavy atom. The van der Waals surface area contributed by atoms with Crippen LogP contribution in [0.5, 0.6) is 5.75 Å². The number of nitro benzene ring substituents is 1. The van der Waals surface area contributed by atoms with E-state index in [0.29, 0.717) is 17.4 Å². The Bertz CT molecular complexity index is 755. The SMILES string of the molecule is CCOc1ccc(NC(=O)CSc2ccccc2Cl)c([N+](=O)[O-])c1. The molecule has 0 heterocycles. The summed E-state index contributed by atoms with van der Waals surface area (Å²) >= 11 is 7.29. The van der Waals surface area contributed by atoms with Crippen LogP contribution in [0.15, 0.2) is 47.4 Å². The van der Waals surface area contributed by atoms with Crippen LogP contribution in [0.2, 0.25) is 5.02 Å². The van der Waals surface area contributed by atoms with E-state index in [4.69, 9.17) is 16.3 Å². The van der Waals surface area contributed by atoms with E-state index < -0.39 is 4.92 Å². The van der Waals surface area contributed by atoms with E-state index in [1.807, 2.05) is 6.07 Å². The van der Waals surface area contributed by atoms with Crippen LogP contribution in [0.3, 0.4) is 0 Å². The Balaban J connectivity index is 2.05. The maximum absolute atomic E-state index is 12.1. The summed E-state index contributed by atoms with van der Waals surface area (Å²) in [5, 5.41) is 14.3. The number of halogens is 1. The number of thioether (sulfide) groups is 1. The minimum Gasteiger partial charge on any atom is -0.494 e. The highest BCUT2D eigenvalue weighted by Gasteiger charge is 2.17. The molecule has 2 aromatic rings. The summed E-state index contributed by atoms with van der Waals surface area (Å²) in [6.45, 7) is 2.19. The first-order valence-corrected chi connectivity index (χ1v) is 8.46. The Hall–Kier alpha value is -2.25. The molecule has 126 valence electrons. The van der Waals surface area contributed by atoms with Gasteiger partial charge in [0.15, 0.2) is 0 Å². The van der Waals surface area contributed by atoms with Crippen molar-refractivity contribution in [1.29, 1.82) is 0 Å². The lowest BCUT2D eigenvalue weighted by atomic mass is 10.2. The second-order valence-corrected chi connectivity index (χ2v) is 6.06. The molecule has 0 saturated carbocycles. The molecule has 2 rings (SSSR count). The van der Waals surface area contributed by atoms with Crippen LogP contribution in [0.25, 0.3) is 0 Å². The Morgan fingerprint density at radius 3 is 2.75 bits per heavy atom. The lowest BCUT2D eigenvalue weighted by molar-refractivity contribution is -0.384. The molecule has 1 amide bonds. The second kappa shape index (κ2) is 8.56. The number of nitro groups is 1. The van der Waals surface area contributed by atoms with Crippen molar-refractivity contribution in [3.8, 4) is 5.75 Å². The third-order valence-electron chi connectivity index (χ3n) is 2.95. The quantitative estimate of drug-likeness (QED) is 0.447. The van der Waals surface area contributed by atoms with Gasteiger partial charge in [-0.3, -0.25) is 14.9 Å². The molecular weight excluding hydrogens is 352 g/mol. The Morgan fingerprint density at radius 2 is 2.08 bits per heavy atom. The number of nitrogens with zero attached hydrogens (tertiary/aromatic N) is 1. The van der Waals surface area contributed by atoms with Crippen molar-refractivity contribution in [3.05, 3.63) is 57.6 Å². The minimum atomic E-state index is -0.556. The van der Waals surface area contributed by atoms with Gasteiger partial charge < -0.3 is 10.1 Å². The smallest absolute Gasteiger partial charge is 0.296 e. The van der Waals surface area contributed by atoms with E-state index in [2.05, 4.69) is 5.32 Å². The number of anilines is 1. The van der Waals surface area contributed by atoms with Gasteiger partial charge in [0.05, 0.1) is 28.4 Å². The lowest BCUT2D eigenvalue weighted by Crippen LogP contribution is -2.15. The van der Waals surface area contributed by atoms with Gasteiger partial charge >= 0.3 is 0 Å². The molecule has 0 bridgehead atoms. The van der Waals surface area contributed by atoms with Gasteiger partial charge in [0.2, 0.25) is 5.91 Å². The molecule has 0 aliphatic carbocycles. The second-order valence-electron chi connectivity index (χ2n) is 4.64. The van der Waals surface area contributed by atoms with Crippen LogP contribution in [0.4, 0.5) is 11.4 Å². The molecule has 0 atom stereocenters. The van der Waals surface area contributed by atoms with E-state index in [1.165, 1.54) is 23.9 Å². The van der Waals surface area contributed by atoms with Crippen molar-refractivity contribution in [2.75, 3.05) is 17.7 Å². The minimum absolute atomic E-state index is 0.0914. The van der Waals surface area contributed by atoms with Gasteiger partial charge in [-0.15, -0.1) is 11.8 Å². The molecule has 0 aliphatic heterocycles. The maximum atomic E-state index is 12.1. The van der Waals surface area contributed by atoms with Crippen molar-refractivity contribution in [2.24, 2.45) is 0 Å². The Labute approximate surface area is 148 Å². The van der Waals surface area contributed by atoms with E-state index in [1.54, 1.807) is 31.2 Å². The molecule has 0 unspecified atom stereocenters. The zero-order valence-electron chi connectivity index (χ0n) is 12.8. The van der Waals surface area contributed by atoms with E-state index in [-0.39, 0.29) is 23.0 Å². The highest BCUT2D eigenvalue weighted by atomic mass is 35.5. The van der Waals surface area contributed by atoms with Crippen LogP contribution in [0, 0.1) is 10.1 Å². The molecule has 8 heteroatoms. The average molecular weight is 367 g/mol. The van der Waals surface area contributed by atoms with Gasteiger partial charge in [0, 0.05) is 4.90 Å². The molecule has 0 spiro atoms. The Kier molecular flexibility index (Phi) is 6.45. The predicted molar refractivity (Wildman–Crippen MR) is 95.1 cm³/mol. The lowest BCUT2D eigenvalue weighted by Gasteiger charge is -2.08. The molecule has 0 aromatic heterocycles. The number of benzene rings is 2. The number of hydrogen-bond acceptors (Lipinski definition) is 5. The van der Waals surface area contributed by atoms with Crippen LogP contribution in [-0.4, -0.2) is 23.2 Å². The first kappa shape index (κ1) is 18.1. The maximum Gasteiger partial charge on any atom is 0.296 e. The van der Waals surface area contributed by atoms with Crippen LogP contribution < -0.4 is 10.1 Å². The van der Waals surface area contributed by atoms with Crippen molar-refractivity contribution >= 4 is 40.6 Å². The zero-order valence-corrected chi connectivity index (χ0v) is 14.4. The largest absolute Gasteiger partial charge is 0.494 e. The number of hydrogen-bond donors (Lipinski definition) is 1. The van der Waals surface area contributed by atoms with E-state index >= 15 is 0 Å². The topological polar surface area (TPSA) is 81.5 Å². The normalized spacial score (nSPS) is 10.2. The monoisotopic (exact) mass is 366 g/mol. The fourth-order valence-corrected chi connectivity index (χ4v) is 2.95. The van der Waals surface area contributed by atoms with Crippen LogP contribution >= 0.6 is 23.4 Å². The van der Waals surface area contributed by atoms with Gasteiger partial charge in [-0.25, -0.2) is 0 Å². The van der Waals surface area contributed by atoms with Crippen LogP contribution in [-0.2, 0) is 4.79 Å². The van der Waals surface area contributed by atoms with Crippen LogP contribution in [0.1, 0.15) is 6.92 Å². The van der Waals surface area contributed by atoms with Crippen molar-refractivity contribution in [2.45, 2.75) is 11.8 Å². The van der Waals surface area contributed by atoms with E-state index in [9.17, 15) is 14.9 Å². The van der Waals surface area contributed by atoms with Gasteiger partial charge in [-0.1, -0.05) is 23.7 Å². The molecule has 2 aromatic carbocycles. The summed E-state index contributed by atoms with van der Waals surface area (Å²) in [4.78, 5) is 23.4. The molecule has 0 aliphatic rings. The highest BCUT2D eigenvalue weighted by molar-refractivity contribution is 8.00. The first-order chi connectivity index (χ1) is 11.5. The molecule has 0 saturated heterocycles. The summed E-state index contributed by atoms with van der Waals surface area (Å²) in [5.74, 6) is 0.119. The molecule has 0 fully saturated rings. The molecule has 6 nitrogen and oxygen atoms in total. The standard InChI is InChI=1S/C16H15ClN2O4S/c1-2-23-11-7-8-13(14(9-11)19(21)22)18-16(20)10-24-15-6-4-3-5-12(15)17/h3-9H,2,10H2,1H3,(H,18,20). The first-order valence-electron chi connectivity index (χ1n) is 7.09. The molecular formula is C16H15ClN2O4S. The molecule has 1 N–H and O–H groups in total. The summed E-state index contributed by atoms with van der Waals surface area (Å²) in [6, 6.07) is 11.5. The highest BCUT2D eigenvalue weighted by Crippen LogP contribution is 2.30. The van der Waals surface area contributed by atoms with Gasteiger partial charge in [-0.05, 0) is 31.2 Å². The van der Waals surface area contributed by atoms with Crippen molar-refractivity contribution in [1.82, 2.24) is 0 Å². The third kappa shape index (κ3) is 4.87. The number of carbonyl (C=O) groups excluding carboxylic acids is 1. The molecule has 0 radical (unpaired) electrons. The number of ether oxygens (including phenoxy) is 1. The number of carbonyl (C=O) groups is 1. The fourth-order valence-electron chi connectivity index (χ4n) is 1.92. The zero-order chi connectivity index (χ0) is 17.5. The van der Waals surface area contributed by atoms with Gasteiger partial charge in [-0.2, -0.15) is 0 Å². The summed E-state index contributed by atoms with van der Waals surface area (Å²) in [6.07, 6.45) is 0. The summed E-state index contributed by atoms with van der Waals surface area (Å²) in [7, 11) is 0. The van der Waals surface area contributed by atoms with Gasteiger partial charge in [0.1, 0.15) is 11.4 Å². The van der Waals surface area contributed by atoms with E-state index in [0.717, 1.165) is 4.90 Å². The predicted octanol–water partition coefficient (Wildman–Crippen LogP) is 4.38. The number of rotatable bonds is 7. The van der Waals surface area contributed by atoms with Gasteiger partial charge in [0.25, 0.3) is 5.69 Å². The fraction of sp³-hybridized carbons (Fsp3) is 0.188. The summed E-state index contributed by atoms with van der Waals surface area (Å²) < 4.78 is 5.24. The summed E-state index contributed by atoms with van der Waals surface area (Å²) in [5.41, 5.74) is -0.0785. The average Bonchev–Trinajstić information content (AvgIpc) is 2.55. The number of nitrogens with one attached hydrogen (secondary N) is 1. The number of amides is 1. The van der Waals surface area contributed by atoms with Crippen molar-refractivity contribution in [3.63, 3.8) is 0 Å². The van der Waals surface area contributed by atoms with Crippen molar-refractivity contribution < 1.29 is 14.5 Å². The third-order valence-corrected chi connectivity index (χ3v) is 4.46. The molecule has 24 heavy (non-hydrogen) atoms.